The zero-order valence-corrected chi connectivity index (χ0v) is 22.1. The van der Waals surface area contributed by atoms with Crippen molar-refractivity contribution in [3.05, 3.63) is 71.8 Å². The van der Waals surface area contributed by atoms with Gasteiger partial charge in [-0.15, -0.1) is 0 Å². The van der Waals surface area contributed by atoms with Crippen LogP contribution in [0, 0.1) is 5.92 Å². The van der Waals surface area contributed by atoms with Crippen molar-refractivity contribution in [2.24, 2.45) is 5.92 Å². The molecule has 2 heterocycles. The molecule has 0 radical (unpaired) electrons. The summed E-state index contributed by atoms with van der Waals surface area (Å²) in [7, 11) is -2.71. The van der Waals surface area contributed by atoms with E-state index in [1.54, 1.807) is 31.3 Å². The lowest BCUT2D eigenvalue weighted by atomic mass is 9.74. The first-order valence-corrected chi connectivity index (χ1v) is 14.9. The summed E-state index contributed by atoms with van der Waals surface area (Å²) in [6, 6.07) is 16.9. The van der Waals surface area contributed by atoms with Gasteiger partial charge in [-0.3, -0.25) is 4.21 Å². The van der Waals surface area contributed by atoms with Crippen LogP contribution in [0.1, 0.15) is 38.7 Å². The Bertz CT molecular complexity index is 1150. The molecule has 1 saturated heterocycles. The molecule has 184 valence electrons. The first kappa shape index (κ1) is 25.3. The van der Waals surface area contributed by atoms with E-state index in [2.05, 4.69) is 30.0 Å². The summed E-state index contributed by atoms with van der Waals surface area (Å²) in [5.41, 5.74) is 2.58. The van der Waals surface area contributed by atoms with Gasteiger partial charge in [0.05, 0.1) is 15.7 Å². The molecule has 0 N–H and O–H groups in total. The lowest BCUT2D eigenvalue weighted by Gasteiger charge is -2.40. The molecule has 5 nitrogen and oxygen atoms in total. The Hall–Kier alpha value is -1.80. The Morgan fingerprint density at radius 2 is 1.76 bits per heavy atom. The molecule has 0 amide bonds. The van der Waals surface area contributed by atoms with Gasteiger partial charge in [-0.2, -0.15) is 0 Å². The number of benzene rings is 2. The van der Waals surface area contributed by atoms with Gasteiger partial charge in [-0.05, 0) is 82.4 Å². The number of piperidine rings is 1. The molecule has 2 aliphatic rings. The van der Waals surface area contributed by atoms with E-state index in [0.29, 0.717) is 11.4 Å². The SMILES string of the molecule is C/C=C(\C)[C@H](CCN1CCC2(CC1)CS(=O)c1ccccc12)CN(C)S(=O)(=O)c1ccccc1. The molecular formula is C27H36N2O3S2. The van der Waals surface area contributed by atoms with Crippen LogP contribution < -0.4 is 0 Å². The standard InChI is InChI=1S/C27H36N2O3S2/c1-4-22(2)23(20-28(3)34(31,32)24-10-6-5-7-11-24)14-17-29-18-15-27(16-19-29)21-33(30)26-13-9-8-12-25(26)27/h4-13,23H,14-21H2,1-3H3/b22-4+/t23-,33?/m1/s1. The topological polar surface area (TPSA) is 57.7 Å². The second kappa shape index (κ2) is 10.4. The molecule has 34 heavy (non-hydrogen) atoms. The number of hydrogen-bond donors (Lipinski definition) is 0. The smallest absolute Gasteiger partial charge is 0.242 e. The van der Waals surface area contributed by atoms with Crippen molar-refractivity contribution in [1.29, 1.82) is 0 Å². The minimum atomic E-state index is -3.50. The van der Waals surface area contributed by atoms with Crippen molar-refractivity contribution >= 4 is 20.8 Å². The summed E-state index contributed by atoms with van der Waals surface area (Å²) in [5, 5.41) is 0. The predicted molar refractivity (Wildman–Crippen MR) is 139 cm³/mol. The van der Waals surface area contributed by atoms with E-state index in [0.717, 1.165) is 49.5 Å². The first-order valence-electron chi connectivity index (χ1n) is 12.1. The number of sulfonamides is 1. The molecule has 1 unspecified atom stereocenters. The minimum Gasteiger partial charge on any atom is -0.303 e. The highest BCUT2D eigenvalue weighted by Crippen LogP contribution is 2.44. The average Bonchev–Trinajstić information content (AvgIpc) is 3.13. The van der Waals surface area contributed by atoms with Gasteiger partial charge in [0.2, 0.25) is 10.0 Å². The third-order valence-corrected chi connectivity index (χ3v) is 11.2. The molecule has 2 aromatic carbocycles. The van der Waals surface area contributed by atoms with E-state index >= 15 is 0 Å². The Labute approximate surface area is 207 Å². The molecule has 2 atom stereocenters. The monoisotopic (exact) mass is 500 g/mol. The van der Waals surface area contributed by atoms with Crippen LogP contribution in [0.15, 0.2) is 76.0 Å². The largest absolute Gasteiger partial charge is 0.303 e. The molecule has 4 rings (SSSR count). The summed E-state index contributed by atoms with van der Waals surface area (Å²) in [4.78, 5) is 3.86. The lowest BCUT2D eigenvalue weighted by Crippen LogP contribution is -2.44. The molecule has 0 saturated carbocycles. The van der Waals surface area contributed by atoms with Crippen molar-refractivity contribution in [1.82, 2.24) is 9.21 Å². The Balaban J connectivity index is 1.37. The number of likely N-dealkylation sites (tertiary alicyclic amines) is 1. The summed E-state index contributed by atoms with van der Waals surface area (Å²) >= 11 is 0. The Kier molecular flexibility index (Phi) is 7.77. The van der Waals surface area contributed by atoms with Crippen molar-refractivity contribution in [2.45, 2.75) is 48.3 Å². The second-order valence-electron chi connectivity index (χ2n) is 9.72. The zero-order valence-electron chi connectivity index (χ0n) is 20.4. The van der Waals surface area contributed by atoms with E-state index in [1.165, 1.54) is 15.4 Å². The van der Waals surface area contributed by atoms with E-state index in [-0.39, 0.29) is 11.3 Å². The summed E-state index contributed by atoms with van der Waals surface area (Å²) in [5.74, 6) is 0.923. The van der Waals surface area contributed by atoms with Crippen LogP contribution in [0.25, 0.3) is 0 Å². The van der Waals surface area contributed by atoms with Gasteiger partial charge in [0.15, 0.2) is 0 Å². The molecule has 2 aliphatic heterocycles. The van der Waals surface area contributed by atoms with Gasteiger partial charge in [0.1, 0.15) is 0 Å². The fourth-order valence-corrected chi connectivity index (χ4v) is 8.44. The predicted octanol–water partition coefficient (Wildman–Crippen LogP) is 4.43. The Morgan fingerprint density at radius 1 is 1.12 bits per heavy atom. The third kappa shape index (κ3) is 5.08. The minimum absolute atomic E-state index is 0.0561. The maximum Gasteiger partial charge on any atom is 0.242 e. The van der Waals surface area contributed by atoms with Crippen LogP contribution >= 0.6 is 0 Å². The van der Waals surface area contributed by atoms with Crippen molar-refractivity contribution in [2.75, 3.05) is 39.0 Å². The fourth-order valence-electron chi connectivity index (χ4n) is 5.35. The van der Waals surface area contributed by atoms with Crippen LogP contribution in [-0.2, 0) is 26.2 Å². The van der Waals surface area contributed by atoms with Gasteiger partial charge >= 0.3 is 0 Å². The fraction of sp³-hybridized carbons (Fsp3) is 0.481. The average molecular weight is 501 g/mol. The summed E-state index contributed by atoms with van der Waals surface area (Å²) < 4.78 is 40.2. The molecule has 0 aliphatic carbocycles. The molecule has 0 aromatic heterocycles. The quantitative estimate of drug-likeness (QED) is 0.503. The van der Waals surface area contributed by atoms with E-state index in [4.69, 9.17) is 0 Å². The highest BCUT2D eigenvalue weighted by atomic mass is 32.2. The molecular weight excluding hydrogens is 464 g/mol. The number of hydrogen-bond acceptors (Lipinski definition) is 4. The molecule has 1 spiro atoms. The van der Waals surface area contributed by atoms with Gasteiger partial charge in [0.25, 0.3) is 0 Å². The van der Waals surface area contributed by atoms with Crippen LogP contribution in [0.3, 0.4) is 0 Å². The van der Waals surface area contributed by atoms with Gasteiger partial charge in [-0.25, -0.2) is 12.7 Å². The van der Waals surface area contributed by atoms with E-state index in [9.17, 15) is 12.6 Å². The van der Waals surface area contributed by atoms with Crippen LogP contribution in [0.5, 0.6) is 0 Å². The first-order chi connectivity index (χ1) is 16.3. The maximum absolute atomic E-state index is 13.0. The number of nitrogens with zero attached hydrogens (tertiary/aromatic N) is 2. The van der Waals surface area contributed by atoms with Crippen LogP contribution in [-0.4, -0.2) is 60.8 Å². The van der Waals surface area contributed by atoms with Gasteiger partial charge < -0.3 is 4.90 Å². The lowest BCUT2D eigenvalue weighted by molar-refractivity contribution is 0.163. The van der Waals surface area contributed by atoms with Crippen LogP contribution in [0.4, 0.5) is 0 Å². The second-order valence-corrected chi connectivity index (χ2v) is 13.2. The summed E-state index contributed by atoms with van der Waals surface area (Å²) in [6.45, 7) is 7.52. The highest BCUT2D eigenvalue weighted by molar-refractivity contribution is 7.89. The molecule has 2 aromatic rings. The van der Waals surface area contributed by atoms with Gasteiger partial charge in [-0.1, -0.05) is 48.0 Å². The molecule has 1 fully saturated rings. The zero-order chi connectivity index (χ0) is 24.3. The van der Waals surface area contributed by atoms with E-state index < -0.39 is 20.8 Å². The highest BCUT2D eigenvalue weighted by Gasteiger charge is 2.44. The van der Waals surface area contributed by atoms with Crippen molar-refractivity contribution < 1.29 is 12.6 Å². The van der Waals surface area contributed by atoms with Crippen molar-refractivity contribution in [3.63, 3.8) is 0 Å². The molecule has 7 heteroatoms. The van der Waals surface area contributed by atoms with Crippen molar-refractivity contribution in [3.8, 4) is 0 Å². The van der Waals surface area contributed by atoms with Gasteiger partial charge in [0, 0.05) is 29.7 Å². The van der Waals surface area contributed by atoms with E-state index in [1.807, 2.05) is 25.1 Å². The maximum atomic E-state index is 13.0. The normalized spacial score (nSPS) is 21.6. The summed E-state index contributed by atoms with van der Waals surface area (Å²) in [6.07, 6.45) is 5.08. The number of fused-ring (bicyclic) bond motifs is 2. The Morgan fingerprint density at radius 3 is 2.44 bits per heavy atom. The number of rotatable bonds is 8. The number of allylic oxidation sites excluding steroid dienone is 1. The molecule has 0 bridgehead atoms. The van der Waals surface area contributed by atoms with Crippen LogP contribution in [0.2, 0.25) is 0 Å². The third-order valence-electron chi connectivity index (χ3n) is 7.75.